The first-order valence-corrected chi connectivity index (χ1v) is 7.87. The SMILES string of the molecule is Cc1c(I)ccc2c(NN)c3c(nc12)CCCCC3. The number of halogens is 1. The van der Waals surface area contributed by atoms with E-state index in [0.29, 0.717) is 0 Å². The average molecular weight is 367 g/mol. The Morgan fingerprint density at radius 1 is 1.21 bits per heavy atom. The van der Waals surface area contributed by atoms with Crippen LogP contribution in [0.15, 0.2) is 12.1 Å². The monoisotopic (exact) mass is 367 g/mol. The number of nitrogens with one attached hydrogen (secondary N) is 1. The van der Waals surface area contributed by atoms with E-state index in [1.165, 1.54) is 39.7 Å². The fourth-order valence-electron chi connectivity index (χ4n) is 2.94. The molecule has 3 nitrogen and oxygen atoms in total. The maximum atomic E-state index is 5.80. The van der Waals surface area contributed by atoms with E-state index in [4.69, 9.17) is 10.8 Å². The molecular formula is C15H18IN3. The lowest BCUT2D eigenvalue weighted by Crippen LogP contribution is -2.12. The van der Waals surface area contributed by atoms with Crippen LogP contribution in [0.1, 0.15) is 36.1 Å². The molecule has 3 N–H and O–H groups in total. The van der Waals surface area contributed by atoms with Gasteiger partial charge in [-0.2, -0.15) is 0 Å². The molecule has 3 rings (SSSR count). The predicted octanol–water partition coefficient (Wildman–Crippen LogP) is 3.70. The molecule has 4 heteroatoms. The van der Waals surface area contributed by atoms with E-state index in [1.807, 2.05) is 0 Å². The molecule has 0 fully saturated rings. The summed E-state index contributed by atoms with van der Waals surface area (Å²) in [6.45, 7) is 2.14. The average Bonchev–Trinajstić information content (AvgIpc) is 2.66. The van der Waals surface area contributed by atoms with Crippen molar-refractivity contribution in [1.29, 1.82) is 0 Å². The predicted molar refractivity (Wildman–Crippen MR) is 88.3 cm³/mol. The Labute approximate surface area is 127 Å². The maximum Gasteiger partial charge on any atom is 0.0766 e. The Kier molecular flexibility index (Phi) is 3.62. The van der Waals surface area contributed by atoms with Crippen molar-refractivity contribution in [1.82, 2.24) is 4.98 Å². The van der Waals surface area contributed by atoms with Crippen molar-refractivity contribution in [2.75, 3.05) is 5.43 Å². The molecule has 0 spiro atoms. The summed E-state index contributed by atoms with van der Waals surface area (Å²) in [6.07, 6.45) is 5.91. The fraction of sp³-hybridized carbons (Fsp3) is 0.400. The smallest absolute Gasteiger partial charge is 0.0766 e. The molecule has 0 unspecified atom stereocenters. The van der Waals surface area contributed by atoms with E-state index in [1.54, 1.807) is 0 Å². The van der Waals surface area contributed by atoms with Crippen molar-refractivity contribution in [3.05, 3.63) is 32.5 Å². The van der Waals surface area contributed by atoms with Gasteiger partial charge in [-0.1, -0.05) is 6.42 Å². The van der Waals surface area contributed by atoms with Crippen LogP contribution in [-0.4, -0.2) is 4.98 Å². The highest BCUT2D eigenvalue weighted by atomic mass is 127. The van der Waals surface area contributed by atoms with Crippen molar-refractivity contribution in [2.45, 2.75) is 39.0 Å². The molecule has 1 aromatic heterocycles. The molecule has 100 valence electrons. The van der Waals surface area contributed by atoms with E-state index in [0.717, 1.165) is 29.4 Å². The molecule has 2 aromatic rings. The molecule has 1 heterocycles. The van der Waals surface area contributed by atoms with Gasteiger partial charge in [0.25, 0.3) is 0 Å². The van der Waals surface area contributed by atoms with Gasteiger partial charge in [-0.15, -0.1) is 0 Å². The standard InChI is InChI=1S/C15H18IN3/c1-9-12(16)8-7-11-14(9)18-13-6-4-2-3-5-10(13)15(11)19-17/h7-8H,2-6,17H2,1H3,(H,18,19). The van der Waals surface area contributed by atoms with E-state index in [-0.39, 0.29) is 0 Å². The number of anilines is 1. The maximum absolute atomic E-state index is 5.80. The third-order valence-electron chi connectivity index (χ3n) is 4.02. The number of nitrogen functional groups attached to an aromatic ring is 1. The van der Waals surface area contributed by atoms with Crippen LogP contribution in [0.2, 0.25) is 0 Å². The third-order valence-corrected chi connectivity index (χ3v) is 5.18. The highest BCUT2D eigenvalue weighted by molar-refractivity contribution is 14.1. The van der Waals surface area contributed by atoms with Crippen LogP contribution in [0.4, 0.5) is 5.69 Å². The minimum Gasteiger partial charge on any atom is -0.323 e. The van der Waals surface area contributed by atoms with Crippen LogP contribution in [0.5, 0.6) is 0 Å². The van der Waals surface area contributed by atoms with Crippen LogP contribution in [0, 0.1) is 10.5 Å². The van der Waals surface area contributed by atoms with Crippen LogP contribution in [0.25, 0.3) is 10.9 Å². The summed E-state index contributed by atoms with van der Waals surface area (Å²) in [7, 11) is 0. The van der Waals surface area contributed by atoms with Crippen molar-refractivity contribution in [3.8, 4) is 0 Å². The first kappa shape index (κ1) is 13.1. The number of hydrazine groups is 1. The first-order valence-electron chi connectivity index (χ1n) is 6.79. The molecular weight excluding hydrogens is 349 g/mol. The molecule has 19 heavy (non-hydrogen) atoms. The highest BCUT2D eigenvalue weighted by Gasteiger charge is 2.18. The van der Waals surface area contributed by atoms with E-state index in [9.17, 15) is 0 Å². The number of aromatic nitrogens is 1. The molecule has 0 saturated heterocycles. The third kappa shape index (κ3) is 2.21. The largest absolute Gasteiger partial charge is 0.323 e. The second-order valence-corrected chi connectivity index (χ2v) is 6.35. The second kappa shape index (κ2) is 5.25. The van der Waals surface area contributed by atoms with Gasteiger partial charge in [0.2, 0.25) is 0 Å². The molecule has 0 saturated carbocycles. The highest BCUT2D eigenvalue weighted by Crippen LogP contribution is 2.34. The fourth-order valence-corrected chi connectivity index (χ4v) is 3.38. The summed E-state index contributed by atoms with van der Waals surface area (Å²) in [6, 6.07) is 4.28. The van der Waals surface area contributed by atoms with Crippen molar-refractivity contribution in [2.24, 2.45) is 5.84 Å². The minimum absolute atomic E-state index is 1.07. The van der Waals surface area contributed by atoms with Crippen LogP contribution in [0.3, 0.4) is 0 Å². The number of rotatable bonds is 1. The van der Waals surface area contributed by atoms with Gasteiger partial charge in [0.05, 0.1) is 11.2 Å². The molecule has 0 radical (unpaired) electrons. The summed E-state index contributed by atoms with van der Waals surface area (Å²) >= 11 is 2.37. The van der Waals surface area contributed by atoms with E-state index < -0.39 is 0 Å². The molecule has 0 amide bonds. The number of nitrogens with zero attached hydrogens (tertiary/aromatic N) is 1. The topological polar surface area (TPSA) is 50.9 Å². The summed E-state index contributed by atoms with van der Waals surface area (Å²) in [4.78, 5) is 4.94. The van der Waals surface area contributed by atoms with Crippen LogP contribution < -0.4 is 11.3 Å². The molecule has 1 aliphatic carbocycles. The Balaban J connectivity index is 2.36. The quantitative estimate of drug-likeness (QED) is 0.350. The molecule has 0 atom stereocenters. The first-order chi connectivity index (χ1) is 9.22. The summed E-state index contributed by atoms with van der Waals surface area (Å²) in [5.41, 5.74) is 8.93. The number of hydrogen-bond acceptors (Lipinski definition) is 3. The van der Waals surface area contributed by atoms with Gasteiger partial charge in [-0.3, -0.25) is 10.8 Å². The van der Waals surface area contributed by atoms with Crippen molar-refractivity contribution in [3.63, 3.8) is 0 Å². The van der Waals surface area contributed by atoms with Gasteiger partial charge < -0.3 is 5.43 Å². The van der Waals surface area contributed by atoms with Gasteiger partial charge in [0, 0.05) is 14.7 Å². The van der Waals surface area contributed by atoms with E-state index in [2.05, 4.69) is 47.1 Å². The second-order valence-electron chi connectivity index (χ2n) is 5.19. The zero-order chi connectivity index (χ0) is 13.4. The zero-order valence-electron chi connectivity index (χ0n) is 11.1. The molecule has 1 aromatic carbocycles. The normalized spacial score (nSPS) is 15.1. The summed E-state index contributed by atoms with van der Waals surface area (Å²) in [5.74, 6) is 5.80. The number of benzene rings is 1. The van der Waals surface area contributed by atoms with Crippen LogP contribution >= 0.6 is 22.6 Å². The number of pyridine rings is 1. The summed E-state index contributed by atoms with van der Waals surface area (Å²) in [5, 5.41) is 1.15. The summed E-state index contributed by atoms with van der Waals surface area (Å²) < 4.78 is 1.26. The van der Waals surface area contributed by atoms with Crippen LogP contribution in [-0.2, 0) is 12.8 Å². The number of hydrogen-bond donors (Lipinski definition) is 2. The van der Waals surface area contributed by atoms with E-state index >= 15 is 0 Å². The molecule has 0 aliphatic heterocycles. The number of fused-ring (bicyclic) bond motifs is 2. The Morgan fingerprint density at radius 3 is 2.79 bits per heavy atom. The zero-order valence-corrected chi connectivity index (χ0v) is 13.3. The van der Waals surface area contributed by atoms with Gasteiger partial charge in [-0.25, -0.2) is 0 Å². The lowest BCUT2D eigenvalue weighted by atomic mass is 10.0. The molecule has 1 aliphatic rings. The molecule has 0 bridgehead atoms. The van der Waals surface area contributed by atoms with Crippen molar-refractivity contribution < 1.29 is 0 Å². The Bertz CT molecular complexity index is 637. The van der Waals surface area contributed by atoms with Gasteiger partial charge in [0.1, 0.15) is 0 Å². The number of aryl methyl sites for hydroxylation is 2. The Hall–Kier alpha value is -0.880. The number of nitrogens with two attached hydrogens (primary N) is 1. The minimum atomic E-state index is 1.07. The van der Waals surface area contributed by atoms with Gasteiger partial charge >= 0.3 is 0 Å². The van der Waals surface area contributed by atoms with Gasteiger partial charge in [-0.05, 0) is 78.5 Å². The lowest BCUT2D eigenvalue weighted by Gasteiger charge is -2.16. The van der Waals surface area contributed by atoms with Gasteiger partial charge in [0.15, 0.2) is 0 Å². The lowest BCUT2D eigenvalue weighted by molar-refractivity contribution is 0.709. The van der Waals surface area contributed by atoms with Crippen molar-refractivity contribution >= 4 is 39.2 Å². The Morgan fingerprint density at radius 2 is 2.00 bits per heavy atom.